The zero-order valence-corrected chi connectivity index (χ0v) is 10.1. The third kappa shape index (κ3) is 3.99. The van der Waals surface area contributed by atoms with Crippen LogP contribution < -0.4 is 5.32 Å². The van der Waals surface area contributed by atoms with Crippen molar-refractivity contribution in [1.29, 1.82) is 0 Å². The fourth-order valence-electron chi connectivity index (χ4n) is 2.33. The average Bonchev–Trinajstić information content (AvgIpc) is 2.31. The summed E-state index contributed by atoms with van der Waals surface area (Å²) >= 11 is 0. The van der Waals surface area contributed by atoms with Gasteiger partial charge in [-0.25, -0.2) is 0 Å². The smallest absolute Gasteiger partial charge is 0.314 e. The highest BCUT2D eigenvalue weighted by Crippen LogP contribution is 2.20. The molecule has 1 atom stereocenters. The van der Waals surface area contributed by atoms with E-state index in [4.69, 9.17) is 0 Å². The molecule has 1 heterocycles. The highest BCUT2D eigenvalue weighted by Gasteiger charge is 2.34. The van der Waals surface area contributed by atoms with Crippen molar-refractivity contribution in [2.75, 3.05) is 26.2 Å². The Kier molecular flexibility index (Phi) is 4.24. The maximum absolute atomic E-state index is 12.5. The van der Waals surface area contributed by atoms with Crippen molar-refractivity contribution in [3.05, 3.63) is 35.9 Å². The predicted octanol–water partition coefficient (Wildman–Crippen LogP) is 2.07. The molecule has 0 amide bonds. The minimum Gasteiger partial charge on any atom is -0.314 e. The molecule has 0 radical (unpaired) electrons. The van der Waals surface area contributed by atoms with Crippen LogP contribution in [0.5, 0.6) is 0 Å². The summed E-state index contributed by atoms with van der Waals surface area (Å²) in [5, 5.41) is 3.16. The van der Waals surface area contributed by atoms with Crippen molar-refractivity contribution < 1.29 is 13.2 Å². The van der Waals surface area contributed by atoms with Crippen LogP contribution in [-0.4, -0.2) is 43.3 Å². The number of alkyl halides is 3. The van der Waals surface area contributed by atoms with Gasteiger partial charge in [0, 0.05) is 25.7 Å². The van der Waals surface area contributed by atoms with Gasteiger partial charge >= 0.3 is 6.18 Å². The summed E-state index contributed by atoms with van der Waals surface area (Å²) in [4.78, 5) is 1.53. The molecule has 1 aromatic carbocycles. The molecule has 0 spiro atoms. The molecule has 1 aliphatic rings. The Balaban J connectivity index is 2.00. The first-order valence-corrected chi connectivity index (χ1v) is 6.10. The number of nitrogens with zero attached hydrogens (tertiary/aromatic N) is 1. The van der Waals surface area contributed by atoms with Gasteiger partial charge in [-0.05, 0) is 12.0 Å². The van der Waals surface area contributed by atoms with E-state index >= 15 is 0 Å². The second-order valence-corrected chi connectivity index (χ2v) is 4.63. The lowest BCUT2D eigenvalue weighted by Gasteiger charge is -2.36. The van der Waals surface area contributed by atoms with Crippen LogP contribution in [0.15, 0.2) is 30.3 Å². The summed E-state index contributed by atoms with van der Waals surface area (Å²) in [6, 6.07) is 9.58. The largest absolute Gasteiger partial charge is 0.401 e. The van der Waals surface area contributed by atoms with E-state index in [9.17, 15) is 13.2 Å². The molecule has 1 unspecified atom stereocenters. The molecule has 2 rings (SSSR count). The van der Waals surface area contributed by atoms with Gasteiger partial charge in [-0.2, -0.15) is 13.2 Å². The van der Waals surface area contributed by atoms with Crippen LogP contribution in [0.1, 0.15) is 5.56 Å². The lowest BCUT2D eigenvalue weighted by Crippen LogP contribution is -2.54. The summed E-state index contributed by atoms with van der Waals surface area (Å²) in [6.45, 7) is 0.884. The number of piperazine rings is 1. The van der Waals surface area contributed by atoms with Gasteiger partial charge in [0.1, 0.15) is 0 Å². The lowest BCUT2D eigenvalue weighted by molar-refractivity contribution is -0.152. The van der Waals surface area contributed by atoms with Gasteiger partial charge in [0.25, 0.3) is 0 Å². The molecule has 1 aliphatic heterocycles. The number of benzene rings is 1. The Hall–Kier alpha value is -1.07. The van der Waals surface area contributed by atoms with E-state index in [1.165, 1.54) is 4.90 Å². The molecule has 1 aromatic rings. The van der Waals surface area contributed by atoms with Gasteiger partial charge in [-0.1, -0.05) is 30.3 Å². The van der Waals surface area contributed by atoms with Crippen molar-refractivity contribution >= 4 is 0 Å². The number of halogens is 3. The van der Waals surface area contributed by atoms with Crippen molar-refractivity contribution in [3.63, 3.8) is 0 Å². The Morgan fingerprint density at radius 2 is 1.94 bits per heavy atom. The van der Waals surface area contributed by atoms with Gasteiger partial charge in [-0.3, -0.25) is 4.90 Å². The molecule has 1 fully saturated rings. The van der Waals surface area contributed by atoms with Crippen LogP contribution in [0, 0.1) is 0 Å². The molecule has 0 aromatic heterocycles. The van der Waals surface area contributed by atoms with E-state index in [-0.39, 0.29) is 6.04 Å². The summed E-state index contributed by atoms with van der Waals surface area (Å²) in [6.07, 6.45) is -3.46. The standard InChI is InChI=1S/C13H17F3N2/c14-13(15,16)10-18-7-6-17-9-12(18)8-11-4-2-1-3-5-11/h1-5,12,17H,6-10H2. The SMILES string of the molecule is FC(F)(F)CN1CCNCC1Cc1ccccc1. The summed E-state index contributed by atoms with van der Waals surface area (Å²) in [5.41, 5.74) is 1.08. The molecule has 0 bridgehead atoms. The number of hydrogen-bond acceptors (Lipinski definition) is 2. The molecule has 0 saturated carbocycles. The molecule has 18 heavy (non-hydrogen) atoms. The molecule has 2 nitrogen and oxygen atoms in total. The van der Waals surface area contributed by atoms with Crippen molar-refractivity contribution in [3.8, 4) is 0 Å². The first-order chi connectivity index (χ1) is 8.54. The van der Waals surface area contributed by atoms with Gasteiger partial charge in [0.15, 0.2) is 0 Å². The van der Waals surface area contributed by atoms with E-state index in [1.54, 1.807) is 0 Å². The third-order valence-corrected chi connectivity index (χ3v) is 3.17. The van der Waals surface area contributed by atoms with E-state index in [2.05, 4.69) is 5.32 Å². The Morgan fingerprint density at radius 1 is 1.22 bits per heavy atom. The fourth-order valence-corrected chi connectivity index (χ4v) is 2.33. The average molecular weight is 258 g/mol. The van der Waals surface area contributed by atoms with Gasteiger partial charge in [0.2, 0.25) is 0 Å². The first-order valence-electron chi connectivity index (χ1n) is 6.10. The minimum absolute atomic E-state index is 0.0808. The molecule has 1 N–H and O–H groups in total. The minimum atomic E-state index is -4.12. The van der Waals surface area contributed by atoms with Gasteiger partial charge in [-0.15, -0.1) is 0 Å². The summed E-state index contributed by atoms with van der Waals surface area (Å²) in [5.74, 6) is 0. The quantitative estimate of drug-likeness (QED) is 0.893. The second-order valence-electron chi connectivity index (χ2n) is 4.63. The maximum Gasteiger partial charge on any atom is 0.401 e. The van der Waals surface area contributed by atoms with E-state index in [0.717, 1.165) is 5.56 Å². The van der Waals surface area contributed by atoms with E-state index in [1.807, 2.05) is 30.3 Å². The Morgan fingerprint density at radius 3 is 2.61 bits per heavy atom. The monoisotopic (exact) mass is 258 g/mol. The van der Waals surface area contributed by atoms with Crippen molar-refractivity contribution in [1.82, 2.24) is 10.2 Å². The zero-order chi connectivity index (χ0) is 13.0. The summed E-state index contributed by atoms with van der Waals surface area (Å²) < 4.78 is 37.5. The van der Waals surface area contributed by atoms with Crippen molar-refractivity contribution in [2.24, 2.45) is 0 Å². The third-order valence-electron chi connectivity index (χ3n) is 3.17. The van der Waals surface area contributed by atoms with Crippen LogP contribution >= 0.6 is 0 Å². The lowest BCUT2D eigenvalue weighted by atomic mass is 10.0. The number of nitrogens with one attached hydrogen (secondary N) is 1. The predicted molar refractivity (Wildman–Crippen MR) is 64.4 cm³/mol. The molecular formula is C13H17F3N2. The highest BCUT2D eigenvalue weighted by molar-refractivity contribution is 5.16. The number of rotatable bonds is 3. The van der Waals surface area contributed by atoms with E-state index in [0.29, 0.717) is 26.1 Å². The molecule has 5 heteroatoms. The van der Waals surface area contributed by atoms with Crippen molar-refractivity contribution in [2.45, 2.75) is 18.6 Å². The Bertz CT molecular complexity index is 364. The number of hydrogen-bond donors (Lipinski definition) is 1. The van der Waals surface area contributed by atoms with Gasteiger partial charge < -0.3 is 5.32 Å². The van der Waals surface area contributed by atoms with Crippen LogP contribution in [0.3, 0.4) is 0 Å². The molecule has 100 valence electrons. The normalized spacial score (nSPS) is 22.1. The van der Waals surface area contributed by atoms with Gasteiger partial charge in [0.05, 0.1) is 6.54 Å². The first kappa shape index (κ1) is 13.4. The van der Waals surface area contributed by atoms with Crippen LogP contribution in [0.2, 0.25) is 0 Å². The molecular weight excluding hydrogens is 241 g/mol. The highest BCUT2D eigenvalue weighted by atomic mass is 19.4. The maximum atomic E-state index is 12.5. The topological polar surface area (TPSA) is 15.3 Å². The van der Waals surface area contributed by atoms with E-state index < -0.39 is 12.7 Å². The Labute approximate surface area is 105 Å². The fraction of sp³-hybridized carbons (Fsp3) is 0.538. The summed E-state index contributed by atoms with van der Waals surface area (Å²) in [7, 11) is 0. The molecule has 0 aliphatic carbocycles. The second kappa shape index (κ2) is 5.71. The zero-order valence-electron chi connectivity index (χ0n) is 10.1. The molecule has 1 saturated heterocycles. The van der Waals surface area contributed by atoms with Crippen LogP contribution in [0.25, 0.3) is 0 Å². The van der Waals surface area contributed by atoms with Crippen LogP contribution in [0.4, 0.5) is 13.2 Å². The van der Waals surface area contributed by atoms with Crippen LogP contribution in [-0.2, 0) is 6.42 Å².